The number of ether oxygens (including phenoxy) is 1. The number of unbranched alkanes of at least 4 members (excludes halogenated alkanes) is 1. The van der Waals surface area contributed by atoms with E-state index < -0.39 is 0 Å². The number of carbonyl (C=O) groups excluding carboxylic acids is 1. The van der Waals surface area contributed by atoms with Crippen LogP contribution in [-0.2, 0) is 9.53 Å². The fourth-order valence-corrected chi connectivity index (χ4v) is 2.91. The highest BCUT2D eigenvalue weighted by Gasteiger charge is 2.27. The summed E-state index contributed by atoms with van der Waals surface area (Å²) in [6.45, 7) is 5.78. The molecule has 0 aliphatic carbocycles. The van der Waals surface area contributed by atoms with Gasteiger partial charge in [-0.3, -0.25) is 4.79 Å². The molecule has 1 aromatic carbocycles. The van der Waals surface area contributed by atoms with Gasteiger partial charge in [0.1, 0.15) is 0 Å². The highest BCUT2D eigenvalue weighted by atomic mass is 16.5. The minimum Gasteiger partial charge on any atom is -0.465 e. The fourth-order valence-electron chi connectivity index (χ4n) is 2.91. The van der Waals surface area contributed by atoms with Gasteiger partial charge in [0.25, 0.3) is 0 Å². The lowest BCUT2D eigenvalue weighted by molar-refractivity contribution is -0.147. The minimum absolute atomic E-state index is 0.0566. The smallest absolute Gasteiger partial charge is 0.313 e. The molecule has 2 unspecified atom stereocenters. The molecule has 1 N–H and O–H groups in total. The molecule has 3 heteroatoms. The van der Waals surface area contributed by atoms with Crippen LogP contribution in [0.4, 0.5) is 5.69 Å². The zero-order valence-corrected chi connectivity index (χ0v) is 13.2. The molecule has 1 aromatic rings. The molecule has 3 nitrogen and oxygen atoms in total. The minimum atomic E-state index is -0.105. The van der Waals surface area contributed by atoms with Crippen LogP contribution in [0.2, 0.25) is 0 Å². The van der Waals surface area contributed by atoms with Crippen LogP contribution in [0.15, 0.2) is 24.3 Å². The molecule has 0 amide bonds. The Kier molecular flexibility index (Phi) is 6.09. The van der Waals surface area contributed by atoms with Crippen LogP contribution < -0.4 is 5.32 Å². The van der Waals surface area contributed by atoms with Crippen molar-refractivity contribution in [3.63, 3.8) is 0 Å². The molecule has 116 valence electrons. The van der Waals surface area contributed by atoms with Crippen molar-refractivity contribution >= 4 is 11.7 Å². The molecule has 2 atom stereocenters. The largest absolute Gasteiger partial charge is 0.465 e. The third-order valence-electron chi connectivity index (χ3n) is 4.37. The molecule has 0 saturated heterocycles. The Morgan fingerprint density at radius 1 is 1.38 bits per heavy atom. The van der Waals surface area contributed by atoms with E-state index in [1.807, 2.05) is 24.3 Å². The summed E-state index contributed by atoms with van der Waals surface area (Å²) < 4.78 is 5.62. The number of para-hydroxylation sites is 1. The van der Waals surface area contributed by atoms with Gasteiger partial charge < -0.3 is 10.1 Å². The van der Waals surface area contributed by atoms with Crippen molar-refractivity contribution in [2.45, 2.75) is 51.9 Å². The van der Waals surface area contributed by atoms with Crippen molar-refractivity contribution in [1.82, 2.24) is 0 Å². The SMILES string of the molecule is CCCCC(CC)COC(=O)C1CCNc2ccccc21. The summed E-state index contributed by atoms with van der Waals surface area (Å²) in [5.74, 6) is 0.343. The highest BCUT2D eigenvalue weighted by molar-refractivity contribution is 5.81. The van der Waals surface area contributed by atoms with Crippen LogP contribution in [-0.4, -0.2) is 19.1 Å². The summed E-state index contributed by atoms with van der Waals surface area (Å²) in [4.78, 5) is 12.4. The number of anilines is 1. The number of fused-ring (bicyclic) bond motifs is 1. The first-order chi connectivity index (χ1) is 10.3. The predicted octanol–water partition coefficient (Wildman–Crippen LogP) is 4.35. The Hall–Kier alpha value is -1.51. The van der Waals surface area contributed by atoms with E-state index in [0.29, 0.717) is 12.5 Å². The number of hydrogen-bond acceptors (Lipinski definition) is 3. The van der Waals surface area contributed by atoms with Crippen LogP contribution in [0.1, 0.15) is 57.4 Å². The van der Waals surface area contributed by atoms with Crippen molar-refractivity contribution in [3.05, 3.63) is 29.8 Å². The van der Waals surface area contributed by atoms with Crippen LogP contribution in [0, 0.1) is 5.92 Å². The molecular weight excluding hydrogens is 262 g/mol. The first kappa shape index (κ1) is 15.9. The molecule has 0 bridgehead atoms. The van der Waals surface area contributed by atoms with Gasteiger partial charge in [-0.2, -0.15) is 0 Å². The lowest BCUT2D eigenvalue weighted by Gasteiger charge is -2.26. The zero-order chi connectivity index (χ0) is 15.1. The number of benzene rings is 1. The molecule has 0 saturated carbocycles. The zero-order valence-electron chi connectivity index (χ0n) is 13.2. The van der Waals surface area contributed by atoms with Crippen molar-refractivity contribution in [1.29, 1.82) is 0 Å². The maximum Gasteiger partial charge on any atom is 0.313 e. The second-order valence-corrected chi connectivity index (χ2v) is 5.90. The van der Waals surface area contributed by atoms with Crippen LogP contribution in [0.25, 0.3) is 0 Å². The average Bonchev–Trinajstić information content (AvgIpc) is 2.54. The average molecular weight is 289 g/mol. The van der Waals surface area contributed by atoms with Gasteiger partial charge in [0.2, 0.25) is 0 Å². The van der Waals surface area contributed by atoms with E-state index >= 15 is 0 Å². The number of carbonyl (C=O) groups is 1. The summed E-state index contributed by atoms with van der Waals surface area (Å²) in [6, 6.07) is 8.05. The molecule has 0 radical (unpaired) electrons. The monoisotopic (exact) mass is 289 g/mol. The summed E-state index contributed by atoms with van der Waals surface area (Å²) in [5, 5.41) is 3.34. The third kappa shape index (κ3) is 4.23. The summed E-state index contributed by atoms with van der Waals surface area (Å²) in [6.07, 6.45) is 5.47. The predicted molar refractivity (Wildman–Crippen MR) is 86.6 cm³/mol. The van der Waals surface area contributed by atoms with Crippen molar-refractivity contribution in [2.75, 3.05) is 18.5 Å². The Morgan fingerprint density at radius 2 is 2.19 bits per heavy atom. The number of rotatable bonds is 7. The van der Waals surface area contributed by atoms with E-state index in [-0.39, 0.29) is 11.9 Å². The Labute approximate surface area is 128 Å². The van der Waals surface area contributed by atoms with Crippen molar-refractivity contribution in [2.24, 2.45) is 5.92 Å². The number of hydrogen-bond donors (Lipinski definition) is 1. The maximum atomic E-state index is 12.4. The molecular formula is C18H27NO2. The molecule has 0 fully saturated rings. The Bertz CT molecular complexity index is 458. The van der Waals surface area contributed by atoms with E-state index in [1.54, 1.807) is 0 Å². The van der Waals surface area contributed by atoms with Gasteiger partial charge >= 0.3 is 5.97 Å². The normalized spacial score (nSPS) is 18.5. The Morgan fingerprint density at radius 3 is 2.95 bits per heavy atom. The molecule has 21 heavy (non-hydrogen) atoms. The van der Waals surface area contributed by atoms with Crippen LogP contribution in [0.3, 0.4) is 0 Å². The Balaban J connectivity index is 1.92. The second kappa shape index (κ2) is 8.06. The van der Waals surface area contributed by atoms with Crippen molar-refractivity contribution in [3.8, 4) is 0 Å². The van der Waals surface area contributed by atoms with E-state index in [4.69, 9.17) is 4.74 Å². The molecule has 0 aromatic heterocycles. The second-order valence-electron chi connectivity index (χ2n) is 5.90. The van der Waals surface area contributed by atoms with Gasteiger partial charge in [0, 0.05) is 12.2 Å². The topological polar surface area (TPSA) is 38.3 Å². The summed E-state index contributed by atoms with van der Waals surface area (Å²) in [7, 11) is 0. The maximum absolute atomic E-state index is 12.4. The van der Waals surface area contributed by atoms with Crippen LogP contribution in [0.5, 0.6) is 0 Å². The molecule has 1 heterocycles. The van der Waals surface area contributed by atoms with Crippen LogP contribution >= 0.6 is 0 Å². The lowest BCUT2D eigenvalue weighted by Crippen LogP contribution is -2.26. The first-order valence-electron chi connectivity index (χ1n) is 8.25. The van der Waals surface area contributed by atoms with Gasteiger partial charge in [-0.25, -0.2) is 0 Å². The van der Waals surface area contributed by atoms with Gasteiger partial charge in [0.05, 0.1) is 12.5 Å². The molecule has 1 aliphatic rings. The van der Waals surface area contributed by atoms with Gasteiger partial charge in [-0.1, -0.05) is 51.3 Å². The van der Waals surface area contributed by atoms with Gasteiger partial charge in [-0.15, -0.1) is 0 Å². The van der Waals surface area contributed by atoms with Gasteiger partial charge in [-0.05, 0) is 30.4 Å². The number of esters is 1. The summed E-state index contributed by atoms with van der Waals surface area (Å²) >= 11 is 0. The quantitative estimate of drug-likeness (QED) is 0.759. The van der Waals surface area contributed by atoms with E-state index in [9.17, 15) is 4.79 Å². The molecule has 1 aliphatic heterocycles. The third-order valence-corrected chi connectivity index (χ3v) is 4.37. The fraction of sp³-hybridized carbons (Fsp3) is 0.611. The molecule has 0 spiro atoms. The standard InChI is InChI=1S/C18H27NO2/c1-3-5-8-14(4-2)13-21-18(20)16-11-12-19-17-10-7-6-9-15(16)17/h6-7,9-10,14,16,19H,3-5,8,11-13H2,1-2H3. The van der Waals surface area contributed by atoms with E-state index in [2.05, 4.69) is 19.2 Å². The number of nitrogens with one attached hydrogen (secondary N) is 1. The highest BCUT2D eigenvalue weighted by Crippen LogP contribution is 2.32. The first-order valence-corrected chi connectivity index (χ1v) is 8.25. The summed E-state index contributed by atoms with van der Waals surface area (Å²) in [5.41, 5.74) is 2.15. The van der Waals surface area contributed by atoms with Gasteiger partial charge in [0.15, 0.2) is 0 Å². The van der Waals surface area contributed by atoms with E-state index in [0.717, 1.165) is 37.1 Å². The lowest BCUT2D eigenvalue weighted by atomic mass is 9.91. The van der Waals surface area contributed by atoms with Crippen molar-refractivity contribution < 1.29 is 9.53 Å². The van der Waals surface area contributed by atoms with E-state index in [1.165, 1.54) is 12.8 Å². The molecule has 2 rings (SSSR count).